The Morgan fingerprint density at radius 2 is 2.00 bits per heavy atom. The molecule has 0 aliphatic heterocycles. The lowest BCUT2D eigenvalue weighted by atomic mass is 10.1. The van der Waals surface area contributed by atoms with Crippen LogP contribution in [0.25, 0.3) is 0 Å². The molecule has 0 aliphatic carbocycles. The quantitative estimate of drug-likeness (QED) is 0.303. The van der Waals surface area contributed by atoms with E-state index in [0.717, 1.165) is 12.8 Å². The first kappa shape index (κ1) is 13.5. The van der Waals surface area contributed by atoms with E-state index in [1.54, 1.807) is 0 Å². The Morgan fingerprint density at radius 1 is 1.36 bits per heavy atom. The highest BCUT2D eigenvalue weighted by Crippen LogP contribution is 2.00. The number of carbonyl (C=O) groups is 2. The summed E-state index contributed by atoms with van der Waals surface area (Å²) in [6.45, 7) is 0.572. The van der Waals surface area contributed by atoms with Gasteiger partial charge in [0.2, 0.25) is 0 Å². The van der Waals surface area contributed by atoms with Crippen molar-refractivity contribution in [2.75, 3.05) is 11.9 Å². The maximum Gasteiger partial charge on any atom is 0.330 e. The zero-order chi connectivity index (χ0) is 11.0. The molecule has 0 aromatic carbocycles. The Morgan fingerprint density at radius 3 is 2.50 bits per heavy atom. The van der Waals surface area contributed by atoms with Crippen LogP contribution < -0.4 is 11.5 Å². The molecule has 0 rings (SSSR count). The van der Waals surface area contributed by atoms with Gasteiger partial charge < -0.3 is 16.2 Å². The van der Waals surface area contributed by atoms with Gasteiger partial charge in [-0.3, -0.25) is 4.79 Å². The van der Waals surface area contributed by atoms with Crippen molar-refractivity contribution in [3.63, 3.8) is 0 Å². The first-order chi connectivity index (χ1) is 6.61. The zero-order valence-electron chi connectivity index (χ0n) is 7.87. The van der Waals surface area contributed by atoms with Crippen LogP contribution in [-0.2, 0) is 14.3 Å². The monoisotopic (exact) mass is 266 g/mol. The molecule has 0 radical (unpaired) electrons. The third-order valence-corrected chi connectivity index (χ3v) is 2.05. The summed E-state index contributed by atoms with van der Waals surface area (Å²) >= 11 is 2.87. The van der Waals surface area contributed by atoms with Crippen molar-refractivity contribution in [3.05, 3.63) is 0 Å². The highest BCUT2D eigenvalue weighted by Gasteiger charge is 2.17. The van der Waals surface area contributed by atoms with E-state index in [1.807, 2.05) is 0 Å². The molecule has 6 heteroatoms. The Hall–Kier alpha value is -0.460. The molecule has 1 atom stereocenters. The van der Waals surface area contributed by atoms with Crippen molar-refractivity contribution < 1.29 is 14.3 Å². The Kier molecular flexibility index (Phi) is 7.64. The first-order valence-electron chi connectivity index (χ1n) is 4.38. The molecule has 0 amide bonds. The predicted molar refractivity (Wildman–Crippen MR) is 55.8 cm³/mol. The van der Waals surface area contributed by atoms with Gasteiger partial charge in [-0.05, 0) is 19.4 Å². The number of alkyl halides is 1. The van der Waals surface area contributed by atoms with E-state index >= 15 is 0 Å². The molecular formula is C8H15BrN2O3. The minimum atomic E-state index is -0.732. The van der Waals surface area contributed by atoms with E-state index in [2.05, 4.69) is 20.7 Å². The standard InChI is InChI=1S/C8H15BrN2O3/c9-5-7(12)14-8(13)6(11)3-1-2-4-10/h6H,1-5,10-11H2/t6-/m0/s1. The van der Waals surface area contributed by atoms with Crippen LogP contribution in [0.1, 0.15) is 19.3 Å². The summed E-state index contributed by atoms with van der Waals surface area (Å²) in [6, 6.07) is -0.732. The van der Waals surface area contributed by atoms with Gasteiger partial charge >= 0.3 is 11.9 Å². The molecular weight excluding hydrogens is 252 g/mol. The highest BCUT2D eigenvalue weighted by molar-refractivity contribution is 9.09. The second-order valence-electron chi connectivity index (χ2n) is 2.82. The van der Waals surface area contributed by atoms with Gasteiger partial charge in [-0.25, -0.2) is 4.79 Å². The van der Waals surface area contributed by atoms with Gasteiger partial charge in [0, 0.05) is 0 Å². The molecule has 14 heavy (non-hydrogen) atoms. The molecule has 0 aromatic heterocycles. The van der Waals surface area contributed by atoms with Crippen molar-refractivity contribution in [1.29, 1.82) is 0 Å². The van der Waals surface area contributed by atoms with E-state index in [9.17, 15) is 9.59 Å². The summed E-state index contributed by atoms with van der Waals surface area (Å²) in [5, 5.41) is -0.00569. The van der Waals surface area contributed by atoms with Crippen LogP contribution in [0, 0.1) is 0 Å². The third kappa shape index (κ3) is 6.06. The predicted octanol–water partition coefficient (Wildman–Crippen LogP) is -0.0926. The minimum Gasteiger partial charge on any atom is -0.391 e. The van der Waals surface area contributed by atoms with Crippen molar-refractivity contribution >= 4 is 27.9 Å². The SMILES string of the molecule is NCCCC[C@H](N)C(=O)OC(=O)CBr. The number of rotatable bonds is 6. The van der Waals surface area contributed by atoms with E-state index in [0.29, 0.717) is 13.0 Å². The van der Waals surface area contributed by atoms with Crippen molar-refractivity contribution in [1.82, 2.24) is 0 Å². The summed E-state index contributed by atoms with van der Waals surface area (Å²) in [5.41, 5.74) is 10.8. The van der Waals surface area contributed by atoms with Crippen LogP contribution in [0.15, 0.2) is 0 Å². The number of ether oxygens (including phenoxy) is 1. The molecule has 0 aromatic rings. The molecule has 0 unspecified atom stereocenters. The van der Waals surface area contributed by atoms with Crippen LogP contribution in [0.5, 0.6) is 0 Å². The lowest BCUT2D eigenvalue weighted by Gasteiger charge is -2.08. The molecule has 0 heterocycles. The van der Waals surface area contributed by atoms with Crippen LogP contribution in [0.4, 0.5) is 0 Å². The van der Waals surface area contributed by atoms with E-state index < -0.39 is 18.0 Å². The second-order valence-corrected chi connectivity index (χ2v) is 3.38. The Balaban J connectivity index is 3.70. The maximum absolute atomic E-state index is 11.1. The molecule has 5 nitrogen and oxygen atoms in total. The van der Waals surface area contributed by atoms with Gasteiger partial charge in [-0.15, -0.1) is 0 Å². The maximum atomic E-state index is 11.1. The number of unbranched alkanes of at least 4 members (excludes halogenated alkanes) is 1. The van der Waals surface area contributed by atoms with Crippen LogP contribution in [-0.4, -0.2) is 29.9 Å². The largest absolute Gasteiger partial charge is 0.391 e. The number of esters is 2. The normalized spacial score (nSPS) is 12.2. The van der Waals surface area contributed by atoms with Crippen LogP contribution in [0.2, 0.25) is 0 Å². The summed E-state index contributed by atoms with van der Waals surface area (Å²) in [6.07, 6.45) is 2.06. The Labute approximate surface area is 91.3 Å². The van der Waals surface area contributed by atoms with E-state index in [4.69, 9.17) is 11.5 Å². The van der Waals surface area contributed by atoms with Gasteiger partial charge in [0.15, 0.2) is 0 Å². The topological polar surface area (TPSA) is 95.4 Å². The average Bonchev–Trinajstić information content (AvgIpc) is 2.17. The second kappa shape index (κ2) is 7.90. The fraction of sp³-hybridized carbons (Fsp3) is 0.750. The van der Waals surface area contributed by atoms with E-state index in [-0.39, 0.29) is 5.33 Å². The van der Waals surface area contributed by atoms with Gasteiger partial charge in [0.25, 0.3) is 0 Å². The molecule has 4 N–H and O–H groups in total. The fourth-order valence-electron chi connectivity index (χ4n) is 0.842. The van der Waals surface area contributed by atoms with Crippen LogP contribution >= 0.6 is 15.9 Å². The molecule has 0 bridgehead atoms. The average molecular weight is 267 g/mol. The number of nitrogens with two attached hydrogens (primary N) is 2. The van der Waals surface area contributed by atoms with Crippen molar-refractivity contribution in [2.45, 2.75) is 25.3 Å². The highest BCUT2D eigenvalue weighted by atomic mass is 79.9. The molecule has 0 saturated heterocycles. The summed E-state index contributed by atoms with van der Waals surface area (Å²) in [5.74, 6) is -1.30. The van der Waals surface area contributed by atoms with Crippen molar-refractivity contribution in [2.24, 2.45) is 11.5 Å². The zero-order valence-corrected chi connectivity index (χ0v) is 9.46. The lowest BCUT2D eigenvalue weighted by molar-refractivity contribution is -0.158. The molecule has 0 saturated carbocycles. The lowest BCUT2D eigenvalue weighted by Crippen LogP contribution is -2.34. The number of hydrogen-bond acceptors (Lipinski definition) is 5. The summed E-state index contributed by atoms with van der Waals surface area (Å²) in [7, 11) is 0. The molecule has 82 valence electrons. The number of halogens is 1. The van der Waals surface area contributed by atoms with Gasteiger partial charge in [0.05, 0.1) is 0 Å². The number of carbonyl (C=O) groups excluding carboxylic acids is 2. The summed E-state index contributed by atoms with van der Waals surface area (Å²) in [4.78, 5) is 21.8. The van der Waals surface area contributed by atoms with E-state index in [1.165, 1.54) is 0 Å². The fourth-order valence-corrected chi connectivity index (χ4v) is 0.956. The number of hydrogen-bond donors (Lipinski definition) is 2. The van der Waals surface area contributed by atoms with Gasteiger partial charge in [0.1, 0.15) is 11.4 Å². The smallest absolute Gasteiger partial charge is 0.330 e. The van der Waals surface area contributed by atoms with Gasteiger partial charge in [-0.1, -0.05) is 22.4 Å². The molecule has 0 fully saturated rings. The minimum absolute atomic E-state index is 0.00569. The van der Waals surface area contributed by atoms with Gasteiger partial charge in [-0.2, -0.15) is 0 Å². The Bertz CT molecular complexity index is 199. The van der Waals surface area contributed by atoms with Crippen LogP contribution in [0.3, 0.4) is 0 Å². The first-order valence-corrected chi connectivity index (χ1v) is 5.50. The summed E-state index contributed by atoms with van der Waals surface area (Å²) < 4.78 is 4.41. The molecule has 0 spiro atoms. The third-order valence-electron chi connectivity index (χ3n) is 1.60. The van der Waals surface area contributed by atoms with Crippen molar-refractivity contribution in [3.8, 4) is 0 Å². The molecule has 0 aliphatic rings.